The van der Waals surface area contributed by atoms with Gasteiger partial charge in [-0.1, -0.05) is 51.6 Å². The van der Waals surface area contributed by atoms with E-state index in [0.717, 1.165) is 25.4 Å². The van der Waals surface area contributed by atoms with Crippen molar-refractivity contribution >= 4 is 5.69 Å². The van der Waals surface area contributed by atoms with Crippen LogP contribution in [0.4, 0.5) is 5.69 Å². The molecule has 136 valence electrons. The number of hydrogen-bond donors (Lipinski definition) is 0. The molecule has 2 aliphatic heterocycles. The monoisotopic (exact) mass is 338 g/mol. The molecule has 2 saturated heterocycles. The van der Waals surface area contributed by atoms with Gasteiger partial charge in [-0.2, -0.15) is 0 Å². The van der Waals surface area contributed by atoms with E-state index in [1.165, 1.54) is 42.0 Å². The van der Waals surface area contributed by atoms with E-state index in [1.54, 1.807) is 0 Å². The van der Waals surface area contributed by atoms with Crippen LogP contribution in [0, 0.1) is 17.3 Å². The van der Waals surface area contributed by atoms with Crippen molar-refractivity contribution in [1.29, 1.82) is 0 Å². The first-order chi connectivity index (χ1) is 11.7. The third kappa shape index (κ3) is 4.36. The molecule has 0 saturated carbocycles. The molecule has 0 bridgehead atoms. The second-order valence-electron chi connectivity index (χ2n) is 9.23. The van der Waals surface area contributed by atoms with Gasteiger partial charge in [0.05, 0.1) is 0 Å². The van der Waals surface area contributed by atoms with Crippen LogP contribution in [0.5, 0.6) is 0 Å². The van der Waals surface area contributed by atoms with Crippen LogP contribution in [0.15, 0.2) is 48.7 Å². The highest BCUT2D eigenvalue weighted by Gasteiger charge is 2.30. The highest BCUT2D eigenvalue weighted by atomic mass is 15.2. The van der Waals surface area contributed by atoms with E-state index in [-0.39, 0.29) is 0 Å². The number of hydrogen-bond acceptors (Lipinski definition) is 2. The topological polar surface area (TPSA) is 6.48 Å². The van der Waals surface area contributed by atoms with E-state index in [0.29, 0.717) is 11.3 Å². The summed E-state index contributed by atoms with van der Waals surface area (Å²) in [6.45, 7) is 22.2. The predicted molar refractivity (Wildman–Crippen MR) is 109 cm³/mol. The van der Waals surface area contributed by atoms with Gasteiger partial charge in [-0.05, 0) is 48.8 Å². The van der Waals surface area contributed by atoms with Crippen molar-refractivity contribution in [2.45, 2.75) is 47.1 Å². The largest absolute Gasteiger partial charge is 0.345 e. The zero-order chi connectivity index (χ0) is 18.2. The average molecular weight is 339 g/mol. The van der Waals surface area contributed by atoms with Gasteiger partial charge < -0.3 is 4.90 Å². The summed E-state index contributed by atoms with van der Waals surface area (Å²) in [6.07, 6.45) is 2.38. The van der Waals surface area contributed by atoms with E-state index in [9.17, 15) is 0 Å². The van der Waals surface area contributed by atoms with Crippen molar-refractivity contribution in [3.05, 3.63) is 54.3 Å². The Bertz CT molecular complexity index is 641. The van der Waals surface area contributed by atoms with Gasteiger partial charge in [0.2, 0.25) is 0 Å². The summed E-state index contributed by atoms with van der Waals surface area (Å²) in [6, 6.07) is 9.12. The molecule has 25 heavy (non-hydrogen) atoms. The van der Waals surface area contributed by atoms with Crippen LogP contribution in [0.25, 0.3) is 0 Å². The lowest BCUT2D eigenvalue weighted by molar-refractivity contribution is 0.0743. The average Bonchev–Trinajstić information content (AvgIpc) is 2.88. The Morgan fingerprint density at radius 3 is 2.44 bits per heavy atom. The van der Waals surface area contributed by atoms with Crippen molar-refractivity contribution in [3.63, 3.8) is 0 Å². The minimum absolute atomic E-state index is 0.433. The maximum Gasteiger partial charge on any atom is 0.0408 e. The van der Waals surface area contributed by atoms with E-state index in [2.05, 4.69) is 74.9 Å². The summed E-state index contributed by atoms with van der Waals surface area (Å²) >= 11 is 0. The van der Waals surface area contributed by atoms with Crippen molar-refractivity contribution in [3.8, 4) is 0 Å². The number of benzene rings is 1. The zero-order valence-corrected chi connectivity index (χ0v) is 16.5. The summed E-state index contributed by atoms with van der Waals surface area (Å²) in [5, 5.41) is 0. The summed E-state index contributed by atoms with van der Waals surface area (Å²) in [7, 11) is 0. The molecule has 2 heterocycles. The number of rotatable bonds is 4. The lowest BCUT2D eigenvalue weighted by atomic mass is 9.79. The van der Waals surface area contributed by atoms with Crippen LogP contribution < -0.4 is 4.90 Å². The number of allylic oxidation sites excluding steroid dienone is 1. The molecule has 0 aromatic heterocycles. The first-order valence-corrected chi connectivity index (χ1v) is 9.65. The van der Waals surface area contributed by atoms with Crippen LogP contribution in [-0.4, -0.2) is 24.5 Å². The van der Waals surface area contributed by atoms with Crippen molar-refractivity contribution in [2.75, 3.05) is 24.5 Å². The standard InChI is InChI=1S/C23H34N2/c1-17(2)21-11-19(4)25(15-21)22-9-7-20(8-10-22)14-24-13-18(3)12-23(5,6)16-24/h7-10,18,21H,1,4,11-16H2,2-3,5-6H3. The maximum absolute atomic E-state index is 4.26. The highest BCUT2D eigenvalue weighted by molar-refractivity contribution is 5.54. The second kappa shape index (κ2) is 6.99. The molecule has 2 heteroatoms. The number of anilines is 1. The normalized spacial score (nSPS) is 26.9. The molecule has 2 nitrogen and oxygen atoms in total. The van der Waals surface area contributed by atoms with Crippen molar-refractivity contribution in [1.82, 2.24) is 4.90 Å². The molecule has 3 rings (SSSR count). The number of nitrogens with zero attached hydrogens (tertiary/aromatic N) is 2. The van der Waals surface area contributed by atoms with Crippen LogP contribution in [0.3, 0.4) is 0 Å². The summed E-state index contributed by atoms with van der Waals surface area (Å²) in [5.74, 6) is 1.33. The summed E-state index contributed by atoms with van der Waals surface area (Å²) in [5.41, 5.74) is 5.59. The summed E-state index contributed by atoms with van der Waals surface area (Å²) in [4.78, 5) is 4.98. The Labute approximate surface area is 154 Å². The van der Waals surface area contributed by atoms with Crippen LogP contribution >= 0.6 is 0 Å². The quantitative estimate of drug-likeness (QED) is 0.672. The lowest BCUT2D eigenvalue weighted by Crippen LogP contribution is -2.43. The summed E-state index contributed by atoms with van der Waals surface area (Å²) < 4.78 is 0. The molecule has 0 radical (unpaired) electrons. The molecule has 0 N–H and O–H groups in total. The Balaban J connectivity index is 1.65. The van der Waals surface area contributed by atoms with E-state index in [1.807, 2.05) is 0 Å². The number of likely N-dealkylation sites (tertiary alicyclic amines) is 1. The van der Waals surface area contributed by atoms with Gasteiger partial charge in [-0.15, -0.1) is 0 Å². The molecule has 0 spiro atoms. The van der Waals surface area contributed by atoms with E-state index in [4.69, 9.17) is 0 Å². The SMILES string of the molecule is C=C(C)C1CC(=C)N(c2ccc(CN3CC(C)CC(C)(C)C3)cc2)C1. The van der Waals surface area contributed by atoms with Crippen molar-refractivity contribution < 1.29 is 0 Å². The molecule has 0 aliphatic carbocycles. The predicted octanol–water partition coefficient (Wildman–Crippen LogP) is 5.47. The molecular weight excluding hydrogens is 304 g/mol. The lowest BCUT2D eigenvalue weighted by Gasteiger charge is -2.41. The third-order valence-electron chi connectivity index (χ3n) is 5.74. The first kappa shape index (κ1) is 18.3. The fourth-order valence-corrected chi connectivity index (χ4v) is 4.77. The Morgan fingerprint density at radius 1 is 1.20 bits per heavy atom. The van der Waals surface area contributed by atoms with Gasteiger partial charge in [-0.3, -0.25) is 4.90 Å². The molecule has 1 aromatic carbocycles. The van der Waals surface area contributed by atoms with Gasteiger partial charge in [0.1, 0.15) is 0 Å². The van der Waals surface area contributed by atoms with Gasteiger partial charge in [-0.25, -0.2) is 0 Å². The van der Waals surface area contributed by atoms with Gasteiger partial charge in [0, 0.05) is 43.5 Å². The van der Waals surface area contributed by atoms with Crippen LogP contribution in [0.2, 0.25) is 0 Å². The molecule has 2 aliphatic rings. The first-order valence-electron chi connectivity index (χ1n) is 9.65. The molecule has 2 atom stereocenters. The highest BCUT2D eigenvalue weighted by Crippen LogP contribution is 2.35. The third-order valence-corrected chi connectivity index (χ3v) is 5.74. The molecule has 0 amide bonds. The Hall–Kier alpha value is -1.54. The minimum Gasteiger partial charge on any atom is -0.345 e. The Morgan fingerprint density at radius 2 is 1.88 bits per heavy atom. The number of piperidine rings is 1. The minimum atomic E-state index is 0.433. The van der Waals surface area contributed by atoms with Crippen LogP contribution in [-0.2, 0) is 6.54 Å². The van der Waals surface area contributed by atoms with Crippen molar-refractivity contribution in [2.24, 2.45) is 17.3 Å². The fourth-order valence-electron chi connectivity index (χ4n) is 4.77. The molecular formula is C23H34N2. The molecule has 2 fully saturated rings. The maximum atomic E-state index is 4.26. The van der Waals surface area contributed by atoms with E-state index >= 15 is 0 Å². The van der Waals surface area contributed by atoms with Gasteiger partial charge in [0.15, 0.2) is 0 Å². The van der Waals surface area contributed by atoms with Gasteiger partial charge in [0.25, 0.3) is 0 Å². The Kier molecular flexibility index (Phi) is 5.11. The molecule has 2 unspecified atom stereocenters. The molecule has 1 aromatic rings. The zero-order valence-electron chi connectivity index (χ0n) is 16.5. The van der Waals surface area contributed by atoms with Gasteiger partial charge >= 0.3 is 0 Å². The second-order valence-corrected chi connectivity index (χ2v) is 9.23. The van der Waals surface area contributed by atoms with E-state index < -0.39 is 0 Å². The fraction of sp³-hybridized carbons (Fsp3) is 0.565. The van der Waals surface area contributed by atoms with Crippen LogP contribution in [0.1, 0.15) is 46.1 Å². The smallest absolute Gasteiger partial charge is 0.0408 e.